The van der Waals surface area contributed by atoms with Crippen LogP contribution < -0.4 is 5.32 Å². The van der Waals surface area contributed by atoms with E-state index in [2.05, 4.69) is 39.9 Å². The number of halogens is 2. The second kappa shape index (κ2) is 5.81. The highest BCUT2D eigenvalue weighted by molar-refractivity contribution is 6.42. The van der Waals surface area contributed by atoms with Crippen LogP contribution in [-0.4, -0.2) is 5.54 Å². The molecule has 0 spiro atoms. The van der Waals surface area contributed by atoms with E-state index in [-0.39, 0.29) is 5.54 Å². The molecular formula is C15H23Cl2N. The quantitative estimate of drug-likeness (QED) is 0.793. The van der Waals surface area contributed by atoms with Gasteiger partial charge in [0, 0.05) is 12.1 Å². The highest BCUT2D eigenvalue weighted by Crippen LogP contribution is 2.27. The third-order valence-corrected chi connectivity index (χ3v) is 3.47. The molecule has 18 heavy (non-hydrogen) atoms. The first-order valence-corrected chi connectivity index (χ1v) is 7.04. The van der Waals surface area contributed by atoms with Gasteiger partial charge in [-0.1, -0.05) is 50.0 Å². The van der Waals surface area contributed by atoms with Crippen LogP contribution in [0.25, 0.3) is 0 Å². The van der Waals surface area contributed by atoms with Crippen molar-refractivity contribution in [1.82, 2.24) is 5.32 Å². The van der Waals surface area contributed by atoms with E-state index >= 15 is 0 Å². The Balaban J connectivity index is 2.61. The highest BCUT2D eigenvalue weighted by atomic mass is 35.5. The maximum atomic E-state index is 6.01. The minimum Gasteiger partial charge on any atom is -0.308 e. The molecule has 1 N–H and O–H groups in total. The van der Waals surface area contributed by atoms with Gasteiger partial charge in [0.1, 0.15) is 0 Å². The summed E-state index contributed by atoms with van der Waals surface area (Å²) in [5.74, 6) is 0. The third kappa shape index (κ3) is 5.60. The van der Waals surface area contributed by atoms with E-state index in [0.29, 0.717) is 15.5 Å². The van der Waals surface area contributed by atoms with E-state index in [9.17, 15) is 0 Å². The van der Waals surface area contributed by atoms with Crippen molar-refractivity contribution in [3.63, 3.8) is 0 Å². The molecule has 0 aliphatic rings. The Labute approximate surface area is 121 Å². The standard InChI is InChI=1S/C15H23Cl2N/c1-14(2,3)10-15(4,5)18-9-11-6-7-12(16)13(17)8-11/h6-8,18H,9-10H2,1-5H3. The van der Waals surface area contributed by atoms with Crippen LogP contribution in [0.1, 0.15) is 46.6 Å². The minimum atomic E-state index is 0.102. The first kappa shape index (κ1) is 15.8. The molecule has 0 heterocycles. The molecule has 1 nitrogen and oxygen atoms in total. The van der Waals surface area contributed by atoms with Gasteiger partial charge in [-0.05, 0) is 43.4 Å². The lowest BCUT2D eigenvalue weighted by Crippen LogP contribution is -2.41. The van der Waals surface area contributed by atoms with Crippen molar-refractivity contribution in [3.05, 3.63) is 33.8 Å². The van der Waals surface area contributed by atoms with Crippen LogP contribution >= 0.6 is 23.2 Å². The summed E-state index contributed by atoms with van der Waals surface area (Å²) in [6, 6.07) is 5.77. The summed E-state index contributed by atoms with van der Waals surface area (Å²) in [7, 11) is 0. The van der Waals surface area contributed by atoms with Gasteiger partial charge in [0.25, 0.3) is 0 Å². The van der Waals surface area contributed by atoms with Gasteiger partial charge in [-0.25, -0.2) is 0 Å². The van der Waals surface area contributed by atoms with Crippen molar-refractivity contribution >= 4 is 23.2 Å². The van der Waals surface area contributed by atoms with E-state index < -0.39 is 0 Å². The summed E-state index contributed by atoms with van der Waals surface area (Å²) < 4.78 is 0. The van der Waals surface area contributed by atoms with Gasteiger partial charge >= 0.3 is 0 Å². The Hall–Kier alpha value is -0.240. The summed E-state index contributed by atoms with van der Waals surface area (Å²) >= 11 is 11.9. The summed E-state index contributed by atoms with van der Waals surface area (Å²) in [6.07, 6.45) is 1.11. The molecule has 102 valence electrons. The highest BCUT2D eigenvalue weighted by Gasteiger charge is 2.24. The molecule has 0 aromatic heterocycles. The van der Waals surface area contributed by atoms with E-state index in [1.165, 1.54) is 0 Å². The summed E-state index contributed by atoms with van der Waals surface area (Å²) in [4.78, 5) is 0. The molecule has 0 unspecified atom stereocenters. The molecule has 1 aromatic carbocycles. The number of hydrogen-bond donors (Lipinski definition) is 1. The van der Waals surface area contributed by atoms with Crippen molar-refractivity contribution in [2.45, 2.75) is 53.1 Å². The van der Waals surface area contributed by atoms with Crippen molar-refractivity contribution in [1.29, 1.82) is 0 Å². The third-order valence-electron chi connectivity index (χ3n) is 2.73. The molecule has 0 saturated carbocycles. The number of rotatable bonds is 4. The van der Waals surface area contributed by atoms with Crippen molar-refractivity contribution in [2.24, 2.45) is 5.41 Å². The fourth-order valence-corrected chi connectivity index (χ4v) is 2.70. The second-order valence-electron chi connectivity index (χ2n) is 6.72. The minimum absolute atomic E-state index is 0.102. The molecule has 0 saturated heterocycles. The molecule has 0 aliphatic heterocycles. The Morgan fingerprint density at radius 2 is 1.61 bits per heavy atom. The molecule has 1 rings (SSSR count). The Morgan fingerprint density at radius 3 is 2.11 bits per heavy atom. The number of benzene rings is 1. The Bertz CT molecular complexity index is 405. The summed E-state index contributed by atoms with van der Waals surface area (Å²) in [5, 5.41) is 4.80. The Morgan fingerprint density at radius 1 is 1.00 bits per heavy atom. The van der Waals surface area contributed by atoms with Gasteiger partial charge in [-0.15, -0.1) is 0 Å². The van der Waals surface area contributed by atoms with Crippen LogP contribution in [0.2, 0.25) is 10.0 Å². The lowest BCUT2D eigenvalue weighted by atomic mass is 9.82. The van der Waals surface area contributed by atoms with Gasteiger partial charge in [0.15, 0.2) is 0 Å². The fourth-order valence-electron chi connectivity index (χ4n) is 2.38. The van der Waals surface area contributed by atoms with Gasteiger partial charge in [0.05, 0.1) is 10.0 Å². The summed E-state index contributed by atoms with van der Waals surface area (Å²) in [5.41, 5.74) is 1.57. The molecule has 1 aromatic rings. The van der Waals surface area contributed by atoms with Crippen molar-refractivity contribution in [3.8, 4) is 0 Å². The average Bonchev–Trinajstić information content (AvgIpc) is 2.16. The van der Waals surface area contributed by atoms with Gasteiger partial charge in [-0.2, -0.15) is 0 Å². The van der Waals surface area contributed by atoms with E-state index in [0.717, 1.165) is 18.5 Å². The van der Waals surface area contributed by atoms with E-state index in [4.69, 9.17) is 23.2 Å². The number of hydrogen-bond acceptors (Lipinski definition) is 1. The Kier molecular flexibility index (Phi) is 5.11. The SMILES string of the molecule is CC(C)(C)CC(C)(C)NCc1ccc(Cl)c(Cl)c1. The fraction of sp³-hybridized carbons (Fsp3) is 0.600. The molecule has 3 heteroatoms. The lowest BCUT2D eigenvalue weighted by Gasteiger charge is -2.33. The molecule has 0 amide bonds. The average molecular weight is 288 g/mol. The molecule has 0 bridgehead atoms. The first-order valence-electron chi connectivity index (χ1n) is 6.28. The zero-order valence-corrected chi connectivity index (χ0v) is 13.4. The van der Waals surface area contributed by atoms with Crippen molar-refractivity contribution in [2.75, 3.05) is 0 Å². The van der Waals surface area contributed by atoms with Crippen LogP contribution in [0.15, 0.2) is 18.2 Å². The second-order valence-corrected chi connectivity index (χ2v) is 7.54. The van der Waals surface area contributed by atoms with Gasteiger partial charge < -0.3 is 5.32 Å². The van der Waals surface area contributed by atoms with Crippen molar-refractivity contribution < 1.29 is 0 Å². The molecule has 0 radical (unpaired) electrons. The van der Waals surface area contributed by atoms with Crippen LogP contribution in [0, 0.1) is 5.41 Å². The zero-order valence-electron chi connectivity index (χ0n) is 11.9. The molecule has 0 atom stereocenters. The topological polar surface area (TPSA) is 12.0 Å². The van der Waals surface area contributed by atoms with E-state index in [1.807, 2.05) is 18.2 Å². The van der Waals surface area contributed by atoms with Gasteiger partial charge in [0.2, 0.25) is 0 Å². The van der Waals surface area contributed by atoms with Crippen LogP contribution in [0.5, 0.6) is 0 Å². The maximum absolute atomic E-state index is 6.01. The van der Waals surface area contributed by atoms with Crippen LogP contribution in [-0.2, 0) is 6.54 Å². The molecule has 0 aliphatic carbocycles. The van der Waals surface area contributed by atoms with Crippen LogP contribution in [0.4, 0.5) is 0 Å². The summed E-state index contributed by atoms with van der Waals surface area (Å²) in [6.45, 7) is 12.0. The van der Waals surface area contributed by atoms with Crippen LogP contribution in [0.3, 0.4) is 0 Å². The monoisotopic (exact) mass is 287 g/mol. The van der Waals surface area contributed by atoms with E-state index in [1.54, 1.807) is 0 Å². The zero-order chi connectivity index (χ0) is 14.0. The smallest absolute Gasteiger partial charge is 0.0595 e. The lowest BCUT2D eigenvalue weighted by molar-refractivity contribution is 0.241. The predicted molar refractivity (Wildman–Crippen MR) is 81.5 cm³/mol. The molecule has 0 fully saturated rings. The first-order chi connectivity index (χ1) is 8.09. The normalized spacial score (nSPS) is 12.8. The van der Waals surface area contributed by atoms with Gasteiger partial charge in [-0.3, -0.25) is 0 Å². The number of nitrogens with one attached hydrogen (secondary N) is 1. The predicted octanol–water partition coefficient (Wildman–Crippen LogP) is 5.30. The maximum Gasteiger partial charge on any atom is 0.0595 e. The largest absolute Gasteiger partial charge is 0.308 e. The molecular weight excluding hydrogens is 265 g/mol.